The molecule has 0 bridgehead atoms. The van der Waals surface area contributed by atoms with E-state index in [1.807, 2.05) is 18.2 Å². The summed E-state index contributed by atoms with van der Waals surface area (Å²) in [4.78, 5) is 11.4. The quantitative estimate of drug-likeness (QED) is 0.814. The molecule has 0 heterocycles. The Labute approximate surface area is 109 Å². The second-order valence-corrected chi connectivity index (χ2v) is 4.10. The summed E-state index contributed by atoms with van der Waals surface area (Å²) >= 11 is 0. The maximum atomic E-state index is 11.4. The van der Waals surface area contributed by atoms with Crippen LogP contribution in [0.1, 0.15) is 32.3 Å². The molecule has 2 amide bonds. The third kappa shape index (κ3) is 3.95. The molecule has 0 saturated heterocycles. The van der Waals surface area contributed by atoms with Crippen LogP contribution in [0, 0.1) is 0 Å². The highest BCUT2D eigenvalue weighted by Gasteiger charge is 2.11. The van der Waals surface area contributed by atoms with Crippen LogP contribution >= 0.6 is 0 Å². The molecule has 0 saturated carbocycles. The second-order valence-electron chi connectivity index (χ2n) is 4.10. The first-order valence-electron chi connectivity index (χ1n) is 6.46. The number of anilines is 1. The van der Waals surface area contributed by atoms with Gasteiger partial charge >= 0.3 is 6.03 Å². The van der Waals surface area contributed by atoms with Gasteiger partial charge in [0.2, 0.25) is 0 Å². The number of aryl methyl sites for hydroxylation is 1. The van der Waals surface area contributed by atoms with Gasteiger partial charge in [-0.2, -0.15) is 0 Å². The Bertz CT molecular complexity index is 391. The van der Waals surface area contributed by atoms with E-state index >= 15 is 0 Å². The molecule has 0 spiro atoms. The first-order valence-corrected chi connectivity index (χ1v) is 6.46. The molecule has 1 rings (SSSR count). The Morgan fingerprint density at radius 3 is 2.67 bits per heavy atom. The van der Waals surface area contributed by atoms with Crippen molar-refractivity contribution >= 4 is 11.7 Å². The van der Waals surface area contributed by atoms with E-state index < -0.39 is 0 Å². The lowest BCUT2D eigenvalue weighted by Gasteiger charge is -2.15. The Balaban J connectivity index is 2.98. The second kappa shape index (κ2) is 7.58. The number of urea groups is 1. The molecule has 1 aromatic carbocycles. The van der Waals surface area contributed by atoms with Gasteiger partial charge in [-0.15, -0.1) is 0 Å². The SMILES string of the molecule is CCCOc1c(CCC)cccc1NC(=O)NC. The number of ether oxygens (including phenoxy) is 1. The molecule has 2 N–H and O–H groups in total. The fourth-order valence-corrected chi connectivity index (χ4v) is 1.71. The average molecular weight is 250 g/mol. The van der Waals surface area contributed by atoms with Crippen LogP contribution in [-0.4, -0.2) is 19.7 Å². The van der Waals surface area contributed by atoms with Crippen LogP contribution < -0.4 is 15.4 Å². The summed E-state index contributed by atoms with van der Waals surface area (Å²) in [5.74, 6) is 0.796. The monoisotopic (exact) mass is 250 g/mol. The fourth-order valence-electron chi connectivity index (χ4n) is 1.71. The predicted octanol–water partition coefficient (Wildman–Crippen LogP) is 3.18. The van der Waals surface area contributed by atoms with Crippen molar-refractivity contribution in [3.8, 4) is 5.75 Å². The van der Waals surface area contributed by atoms with Gasteiger partial charge in [-0.25, -0.2) is 4.79 Å². The van der Waals surface area contributed by atoms with Gasteiger partial charge in [0.15, 0.2) is 0 Å². The number of para-hydroxylation sites is 1. The molecule has 1 aromatic rings. The van der Waals surface area contributed by atoms with Crippen molar-refractivity contribution in [2.45, 2.75) is 33.1 Å². The van der Waals surface area contributed by atoms with Crippen molar-refractivity contribution in [1.29, 1.82) is 0 Å². The van der Waals surface area contributed by atoms with E-state index in [2.05, 4.69) is 24.5 Å². The first-order chi connectivity index (χ1) is 8.72. The van der Waals surface area contributed by atoms with Crippen LogP contribution in [0.2, 0.25) is 0 Å². The van der Waals surface area contributed by atoms with Crippen molar-refractivity contribution < 1.29 is 9.53 Å². The number of hydrogen-bond donors (Lipinski definition) is 2. The summed E-state index contributed by atoms with van der Waals surface area (Å²) in [5.41, 5.74) is 1.87. The summed E-state index contributed by atoms with van der Waals surface area (Å²) in [6.07, 6.45) is 2.94. The highest BCUT2D eigenvalue weighted by molar-refractivity contribution is 5.91. The summed E-state index contributed by atoms with van der Waals surface area (Å²) in [6, 6.07) is 5.61. The van der Waals surface area contributed by atoms with E-state index in [0.29, 0.717) is 6.61 Å². The third-order valence-electron chi connectivity index (χ3n) is 2.54. The maximum absolute atomic E-state index is 11.4. The Morgan fingerprint density at radius 2 is 2.06 bits per heavy atom. The van der Waals surface area contributed by atoms with Gasteiger partial charge in [0, 0.05) is 7.05 Å². The first kappa shape index (κ1) is 14.4. The summed E-state index contributed by atoms with van der Waals surface area (Å²) in [7, 11) is 1.60. The van der Waals surface area contributed by atoms with Crippen LogP contribution in [-0.2, 0) is 6.42 Å². The number of amides is 2. The molecule has 0 atom stereocenters. The molecule has 0 unspecified atom stereocenters. The smallest absolute Gasteiger partial charge is 0.319 e. The van der Waals surface area contributed by atoms with Crippen LogP contribution in [0.25, 0.3) is 0 Å². The largest absolute Gasteiger partial charge is 0.491 e. The van der Waals surface area contributed by atoms with E-state index in [-0.39, 0.29) is 6.03 Å². The summed E-state index contributed by atoms with van der Waals surface area (Å²) in [6.45, 7) is 4.85. The zero-order valence-electron chi connectivity index (χ0n) is 11.4. The number of rotatable bonds is 6. The topological polar surface area (TPSA) is 50.4 Å². The molecule has 0 aliphatic heterocycles. The van der Waals surface area contributed by atoms with Gasteiger partial charge in [0.25, 0.3) is 0 Å². The Kier molecular flexibility index (Phi) is 6.05. The van der Waals surface area contributed by atoms with Gasteiger partial charge in [0.1, 0.15) is 5.75 Å². The van der Waals surface area contributed by atoms with Crippen LogP contribution in [0.3, 0.4) is 0 Å². The van der Waals surface area contributed by atoms with Gasteiger partial charge in [-0.3, -0.25) is 0 Å². The fraction of sp³-hybridized carbons (Fsp3) is 0.500. The molecule has 0 radical (unpaired) electrons. The van der Waals surface area contributed by atoms with Crippen molar-refractivity contribution in [3.63, 3.8) is 0 Å². The third-order valence-corrected chi connectivity index (χ3v) is 2.54. The van der Waals surface area contributed by atoms with Gasteiger partial charge in [-0.05, 0) is 24.5 Å². The van der Waals surface area contributed by atoms with E-state index in [1.54, 1.807) is 7.05 Å². The Hall–Kier alpha value is -1.71. The molecular weight excluding hydrogens is 228 g/mol. The minimum Gasteiger partial charge on any atom is -0.491 e. The molecule has 4 heteroatoms. The van der Waals surface area contributed by atoms with Crippen LogP contribution in [0.15, 0.2) is 18.2 Å². The molecule has 0 fully saturated rings. The maximum Gasteiger partial charge on any atom is 0.319 e. The molecule has 100 valence electrons. The normalized spacial score (nSPS) is 9.94. The summed E-state index contributed by atoms with van der Waals surface area (Å²) in [5, 5.41) is 5.34. The van der Waals surface area contributed by atoms with Crippen molar-refractivity contribution in [2.24, 2.45) is 0 Å². The van der Waals surface area contributed by atoms with E-state index in [0.717, 1.165) is 36.3 Å². The Morgan fingerprint density at radius 1 is 1.28 bits per heavy atom. The minimum absolute atomic E-state index is 0.231. The van der Waals surface area contributed by atoms with Crippen LogP contribution in [0.4, 0.5) is 10.5 Å². The molecule has 0 aliphatic carbocycles. The van der Waals surface area contributed by atoms with Crippen molar-refractivity contribution in [3.05, 3.63) is 23.8 Å². The molecule has 18 heavy (non-hydrogen) atoms. The van der Waals surface area contributed by atoms with E-state index in [1.165, 1.54) is 0 Å². The van der Waals surface area contributed by atoms with Gasteiger partial charge in [0.05, 0.1) is 12.3 Å². The van der Waals surface area contributed by atoms with E-state index in [4.69, 9.17) is 4.74 Å². The lowest BCUT2D eigenvalue weighted by Crippen LogP contribution is -2.25. The lowest BCUT2D eigenvalue weighted by atomic mass is 10.1. The highest BCUT2D eigenvalue weighted by Crippen LogP contribution is 2.30. The molecular formula is C14H22N2O2. The van der Waals surface area contributed by atoms with Crippen molar-refractivity contribution in [2.75, 3.05) is 19.0 Å². The predicted molar refractivity (Wildman–Crippen MR) is 74.3 cm³/mol. The highest BCUT2D eigenvalue weighted by atomic mass is 16.5. The molecule has 0 aliphatic rings. The zero-order valence-corrected chi connectivity index (χ0v) is 11.4. The molecule has 0 aromatic heterocycles. The minimum atomic E-state index is -0.231. The molecule has 4 nitrogen and oxygen atoms in total. The lowest BCUT2D eigenvalue weighted by molar-refractivity contribution is 0.253. The van der Waals surface area contributed by atoms with Crippen LogP contribution in [0.5, 0.6) is 5.75 Å². The van der Waals surface area contributed by atoms with E-state index in [9.17, 15) is 4.79 Å². The number of hydrogen-bond acceptors (Lipinski definition) is 2. The van der Waals surface area contributed by atoms with Gasteiger partial charge in [-0.1, -0.05) is 32.4 Å². The van der Waals surface area contributed by atoms with Gasteiger partial charge < -0.3 is 15.4 Å². The van der Waals surface area contributed by atoms with Crippen molar-refractivity contribution in [1.82, 2.24) is 5.32 Å². The standard InChI is InChI=1S/C14H22N2O2/c1-4-7-11-8-6-9-12(16-14(17)15-3)13(11)18-10-5-2/h6,8-9H,4-5,7,10H2,1-3H3,(H2,15,16,17). The number of carbonyl (C=O) groups is 1. The number of nitrogens with one attached hydrogen (secondary N) is 2. The average Bonchev–Trinajstić information content (AvgIpc) is 2.38. The summed E-state index contributed by atoms with van der Waals surface area (Å²) < 4.78 is 5.77. The zero-order chi connectivity index (χ0) is 13.4. The number of benzene rings is 1. The number of carbonyl (C=O) groups excluding carboxylic acids is 1.